The van der Waals surface area contributed by atoms with Crippen LogP contribution in [0.5, 0.6) is 0 Å². The van der Waals surface area contributed by atoms with Crippen LogP contribution in [0.1, 0.15) is 90.4 Å². The van der Waals surface area contributed by atoms with Crippen molar-refractivity contribution >= 4 is 63.7 Å². The van der Waals surface area contributed by atoms with E-state index in [1.165, 1.54) is 27.3 Å². The minimum atomic E-state index is -2.24. The number of allylic oxidation sites excluding steroid dienone is 2. The molecule has 5 amide bonds. The molecule has 17 nitrogen and oxygen atoms in total. The number of aliphatic imine (C=N–C) groups is 1. The first-order chi connectivity index (χ1) is 32.7. The van der Waals surface area contributed by atoms with Crippen LogP contribution in [0.3, 0.4) is 0 Å². The number of aliphatic hydroxyl groups is 1. The molecule has 0 radical (unpaired) electrons. The number of esters is 1. The Kier molecular flexibility index (Phi) is 15.1. The first kappa shape index (κ1) is 51.2. The van der Waals surface area contributed by atoms with Gasteiger partial charge in [-0.25, -0.2) is 14.6 Å². The van der Waals surface area contributed by atoms with Gasteiger partial charge in [-0.1, -0.05) is 53.0 Å². The summed E-state index contributed by atoms with van der Waals surface area (Å²) >= 11 is 1.35. The van der Waals surface area contributed by atoms with Gasteiger partial charge in [0.25, 0.3) is 5.91 Å². The Labute approximate surface area is 409 Å². The third-order valence-corrected chi connectivity index (χ3v) is 14.8. The Morgan fingerprint density at radius 3 is 2.51 bits per heavy atom. The van der Waals surface area contributed by atoms with Crippen LogP contribution in [-0.2, 0) is 48.0 Å². The highest BCUT2D eigenvalue weighted by Crippen LogP contribution is 2.45. The maximum absolute atomic E-state index is 14.7. The maximum Gasteiger partial charge on any atom is 0.355 e. The number of urea groups is 1. The fourth-order valence-electron chi connectivity index (χ4n) is 10.2. The number of carbonyl (C=O) groups excluding carboxylic acids is 5. The summed E-state index contributed by atoms with van der Waals surface area (Å²) in [6.45, 7) is 23.1. The van der Waals surface area contributed by atoms with Crippen LogP contribution in [-0.4, -0.2) is 147 Å². The van der Waals surface area contributed by atoms with Crippen LogP contribution >= 0.6 is 11.3 Å². The Hall–Kier alpha value is -5.69. The molecule has 3 aliphatic heterocycles. The number of hydrazine groups is 1. The summed E-state index contributed by atoms with van der Waals surface area (Å²) in [5.74, 6) is -2.61. The van der Waals surface area contributed by atoms with E-state index in [1.54, 1.807) is 30.2 Å². The molecule has 18 heteroatoms. The van der Waals surface area contributed by atoms with Gasteiger partial charge < -0.3 is 39.2 Å². The lowest BCUT2D eigenvalue weighted by molar-refractivity contribution is -0.189. The topological polar surface area (TPSA) is 191 Å². The van der Waals surface area contributed by atoms with E-state index < -0.39 is 46.5 Å². The summed E-state index contributed by atoms with van der Waals surface area (Å²) < 4.78 is 14.0. The molecular formula is C51H69N9O8S. The second-order valence-corrected chi connectivity index (χ2v) is 20.8. The van der Waals surface area contributed by atoms with Gasteiger partial charge in [0, 0.05) is 98.8 Å². The first-order valence-electron chi connectivity index (χ1n) is 24.0. The van der Waals surface area contributed by atoms with Crippen molar-refractivity contribution in [3.05, 3.63) is 70.9 Å². The van der Waals surface area contributed by atoms with Crippen molar-refractivity contribution in [2.45, 2.75) is 123 Å². The molecule has 3 fully saturated rings. The van der Waals surface area contributed by atoms with E-state index in [-0.39, 0.29) is 56.4 Å². The van der Waals surface area contributed by atoms with E-state index in [9.17, 15) is 29.1 Å². The molecule has 1 saturated carbocycles. The van der Waals surface area contributed by atoms with Crippen molar-refractivity contribution in [3.8, 4) is 11.3 Å². The monoisotopic (exact) mass is 967 g/mol. The molecule has 0 unspecified atom stereocenters. The number of nitrogens with zero attached hydrogens (tertiary/aromatic N) is 7. The molecule has 69 heavy (non-hydrogen) atoms. The number of ether oxygens (including phenoxy) is 2. The van der Waals surface area contributed by atoms with Gasteiger partial charge in [0.2, 0.25) is 17.5 Å². The molecule has 5 heterocycles. The van der Waals surface area contributed by atoms with Crippen molar-refractivity contribution in [1.29, 1.82) is 0 Å². The average molecular weight is 968 g/mol. The van der Waals surface area contributed by atoms with Gasteiger partial charge >= 0.3 is 12.0 Å². The number of rotatable bonds is 11. The summed E-state index contributed by atoms with van der Waals surface area (Å²) in [7, 11) is 3.23. The lowest BCUT2D eigenvalue weighted by Gasteiger charge is -2.44. The third kappa shape index (κ3) is 10.2. The molecule has 7 rings (SSSR count). The maximum atomic E-state index is 14.7. The number of nitrogens with one attached hydrogen (secondary N) is 2. The van der Waals surface area contributed by atoms with Crippen molar-refractivity contribution in [2.24, 2.45) is 16.3 Å². The lowest BCUT2D eigenvalue weighted by atomic mass is 9.84. The van der Waals surface area contributed by atoms with Gasteiger partial charge in [-0.05, 0) is 76.1 Å². The number of methoxy groups -OCH3 is 1. The molecule has 1 aliphatic carbocycles. The molecule has 4 aliphatic rings. The molecule has 372 valence electrons. The first-order valence-corrected chi connectivity index (χ1v) is 24.9. The normalized spacial score (nSPS) is 22.8. The van der Waals surface area contributed by atoms with Crippen LogP contribution in [0.15, 0.2) is 59.6 Å². The Bertz CT molecular complexity index is 2570. The Balaban J connectivity index is 1.27. The number of amides is 5. The minimum Gasteiger partial charge on any atom is -0.462 e. The second-order valence-electron chi connectivity index (χ2n) is 19.9. The molecule has 6 bridgehead atoms. The van der Waals surface area contributed by atoms with Gasteiger partial charge in [-0.15, -0.1) is 11.3 Å². The number of likely N-dealkylation sites (N-methyl/N-ethyl adjacent to an activating group) is 1. The molecular weight excluding hydrogens is 899 g/mol. The predicted octanol–water partition coefficient (Wildman–Crippen LogP) is 5.72. The van der Waals surface area contributed by atoms with Crippen molar-refractivity contribution in [2.75, 3.05) is 46.9 Å². The number of benzene rings is 1. The van der Waals surface area contributed by atoms with Gasteiger partial charge in [0.1, 0.15) is 12.1 Å². The highest BCUT2D eigenvalue weighted by atomic mass is 32.1. The van der Waals surface area contributed by atoms with Crippen LogP contribution in [0.4, 0.5) is 4.79 Å². The molecule has 3 aromatic rings. The molecule has 3 N–H and O–H groups in total. The van der Waals surface area contributed by atoms with Crippen LogP contribution in [0.2, 0.25) is 0 Å². The van der Waals surface area contributed by atoms with E-state index in [4.69, 9.17) is 19.5 Å². The van der Waals surface area contributed by atoms with Crippen molar-refractivity contribution in [1.82, 2.24) is 40.0 Å². The third-order valence-electron chi connectivity index (χ3n) is 14.0. The number of fused-ring (bicyclic) bond motifs is 6. The van der Waals surface area contributed by atoms with Gasteiger partial charge in [0.15, 0.2) is 0 Å². The van der Waals surface area contributed by atoms with E-state index in [1.807, 2.05) is 59.1 Å². The molecule has 2 saturated heterocycles. The second kappa shape index (κ2) is 20.3. The summed E-state index contributed by atoms with van der Waals surface area (Å²) in [6, 6.07) is 3.65. The summed E-state index contributed by atoms with van der Waals surface area (Å²) in [5, 5.41) is 19.5. The number of hydrogen-bond acceptors (Lipinski definition) is 12. The standard InChI is InChI=1S/C51H69N9O8S/c1-12-34(42(52-14-3)32(7)67-11)44-36-27-49(8,9)30-68-47(64)51(66)19-16-22-60(55-51)46(63)37(26-40-53-38(28-69-40)33-17-18-39(35(36)25-33)58(44)15-4)54-45(62)43(31(5)6)56(10)48(65)57-23-24-59(41(61)13-2)50(29-57)20-21-50/h12-14,17-18,25,28,31-32,37,43,55,66H,1-2,15-16,19-24,26-27,29-30H2,3-11H3,(H,54,62)/b42-34+,52-14-/t32-,37-,43-,51-/m0/s1. The zero-order chi connectivity index (χ0) is 50.2. The predicted molar refractivity (Wildman–Crippen MR) is 267 cm³/mol. The van der Waals surface area contributed by atoms with E-state index >= 15 is 0 Å². The van der Waals surface area contributed by atoms with Crippen LogP contribution in [0, 0.1) is 11.3 Å². The largest absolute Gasteiger partial charge is 0.462 e. The van der Waals surface area contributed by atoms with Gasteiger partial charge in [0.05, 0.1) is 40.3 Å². The quantitative estimate of drug-likeness (QED) is 0.0929. The average Bonchev–Trinajstić information content (AvgIpc) is 3.80. The number of carbonyl (C=O) groups is 5. The SMILES string of the molecule is C=CC(=O)N1CCN(C(=O)N(C)[C@H](C(=O)N[C@H]2Cc3nc(cs3)-c3ccc4c(c3)c(c(/C(C=C)=C(/N=C\C)[C@H](C)OC)n4CC)CC(C)(C)COC(=O)[C@@]3(O)CCCN(N3)C2=O)C(C)C)CC12CC2. The van der Waals surface area contributed by atoms with Crippen molar-refractivity contribution in [3.63, 3.8) is 0 Å². The summed E-state index contributed by atoms with van der Waals surface area (Å²) in [6.07, 6.45) is 6.70. The van der Waals surface area contributed by atoms with Crippen LogP contribution in [0.25, 0.3) is 27.7 Å². The molecule has 1 spiro atoms. The minimum absolute atomic E-state index is 0.0225. The number of hydrogen-bond donors (Lipinski definition) is 3. The van der Waals surface area contributed by atoms with E-state index in [2.05, 4.69) is 47.5 Å². The number of thiazole rings is 1. The number of cyclic esters (lactones) is 1. The number of piperazine rings is 1. The van der Waals surface area contributed by atoms with Gasteiger partial charge in [-0.2, -0.15) is 5.43 Å². The Morgan fingerprint density at radius 2 is 1.87 bits per heavy atom. The molecule has 1 aromatic carbocycles. The lowest BCUT2D eigenvalue weighted by Crippen LogP contribution is -2.67. The summed E-state index contributed by atoms with van der Waals surface area (Å²) in [5.41, 5.74) is 5.35. The fourth-order valence-corrected chi connectivity index (χ4v) is 11.1. The fraction of sp³-hybridized carbons (Fsp3) is 0.549. The molecule has 4 atom stereocenters. The van der Waals surface area contributed by atoms with Crippen molar-refractivity contribution < 1.29 is 38.6 Å². The number of aromatic nitrogens is 2. The Morgan fingerprint density at radius 1 is 1.13 bits per heavy atom. The smallest absolute Gasteiger partial charge is 0.355 e. The van der Waals surface area contributed by atoms with E-state index in [0.717, 1.165) is 46.1 Å². The van der Waals surface area contributed by atoms with E-state index in [0.29, 0.717) is 49.0 Å². The summed E-state index contributed by atoms with van der Waals surface area (Å²) in [4.78, 5) is 84.9. The highest BCUT2D eigenvalue weighted by molar-refractivity contribution is 7.10. The van der Waals surface area contributed by atoms with Crippen LogP contribution < -0.4 is 10.7 Å². The molecule has 2 aromatic heterocycles. The number of aryl methyl sites for hydroxylation is 1. The van der Waals surface area contributed by atoms with Gasteiger partial charge in [-0.3, -0.25) is 24.4 Å². The highest BCUT2D eigenvalue weighted by Gasteiger charge is 2.54. The zero-order valence-electron chi connectivity index (χ0n) is 41.6. The zero-order valence-corrected chi connectivity index (χ0v) is 42.4.